The molecule has 6 nitrogen and oxygen atoms in total. The van der Waals surface area contributed by atoms with Crippen LogP contribution in [0.3, 0.4) is 0 Å². The van der Waals surface area contributed by atoms with E-state index in [-0.39, 0.29) is 18.5 Å². The van der Waals surface area contributed by atoms with Crippen molar-refractivity contribution in [3.63, 3.8) is 0 Å². The fraction of sp³-hybridized carbons (Fsp3) is 0.912. The van der Waals surface area contributed by atoms with E-state index < -0.39 is 12.1 Å². The minimum Gasteiger partial charge on any atom is -0.466 e. The van der Waals surface area contributed by atoms with Gasteiger partial charge >= 0.3 is 5.97 Å². The fourth-order valence-electron chi connectivity index (χ4n) is 10.6. The molecule has 0 radical (unpaired) electrons. The van der Waals surface area contributed by atoms with Crippen LogP contribution in [0.25, 0.3) is 0 Å². The second-order valence-corrected chi connectivity index (χ2v) is 23.2. The normalized spacial score (nSPS) is 12.6. The lowest BCUT2D eigenvalue weighted by Gasteiger charge is -2.22. The largest absolute Gasteiger partial charge is 0.466 e. The molecule has 0 spiro atoms. The number of aliphatic hydroxyl groups excluding tert-OH is 2. The lowest BCUT2D eigenvalue weighted by Crippen LogP contribution is -2.45. The van der Waals surface area contributed by atoms with Gasteiger partial charge in [-0.25, -0.2) is 0 Å². The zero-order chi connectivity index (χ0) is 53.6. The fourth-order valence-corrected chi connectivity index (χ4v) is 10.6. The summed E-state index contributed by atoms with van der Waals surface area (Å²) in [5.41, 5.74) is 0. The quantitative estimate of drug-likeness (QED) is 0.0320. The Morgan fingerprint density at radius 3 is 1.03 bits per heavy atom. The van der Waals surface area contributed by atoms with Gasteiger partial charge in [-0.3, -0.25) is 9.59 Å². The highest BCUT2D eigenvalue weighted by atomic mass is 16.5. The van der Waals surface area contributed by atoms with Crippen LogP contribution >= 0.6 is 0 Å². The van der Waals surface area contributed by atoms with Crippen molar-refractivity contribution in [2.75, 3.05) is 13.2 Å². The Balaban J connectivity index is 3.42. The summed E-state index contributed by atoms with van der Waals surface area (Å²) in [6.07, 6.45) is 79.2. The third-order valence-corrected chi connectivity index (χ3v) is 15.8. The van der Waals surface area contributed by atoms with Crippen molar-refractivity contribution in [1.82, 2.24) is 5.32 Å². The summed E-state index contributed by atoms with van der Waals surface area (Å²) < 4.78 is 5.47. The molecule has 1 amide bonds. The van der Waals surface area contributed by atoms with Gasteiger partial charge in [-0.2, -0.15) is 0 Å². The summed E-state index contributed by atoms with van der Waals surface area (Å²) in [4.78, 5) is 24.5. The molecule has 0 aliphatic heterocycles. The molecule has 6 heteroatoms. The summed E-state index contributed by atoms with van der Waals surface area (Å²) in [6.45, 7) is 4.98. The van der Waals surface area contributed by atoms with Crippen molar-refractivity contribution in [3.8, 4) is 0 Å². The number of nitrogens with one attached hydrogen (secondary N) is 1. The van der Waals surface area contributed by atoms with Crippen molar-refractivity contribution < 1.29 is 24.5 Å². The van der Waals surface area contributed by atoms with E-state index in [2.05, 4.69) is 43.5 Å². The molecule has 2 atom stereocenters. The van der Waals surface area contributed by atoms with E-state index in [9.17, 15) is 19.8 Å². The Hall–Kier alpha value is -1.66. The maximum atomic E-state index is 12.5. The Morgan fingerprint density at radius 2 is 0.676 bits per heavy atom. The molecule has 0 fully saturated rings. The molecule has 0 aromatic carbocycles. The third-order valence-electron chi connectivity index (χ3n) is 15.8. The zero-order valence-corrected chi connectivity index (χ0v) is 50.1. The Bertz CT molecular complexity index is 1150. The lowest BCUT2D eigenvalue weighted by atomic mass is 10.0. The first-order valence-corrected chi connectivity index (χ1v) is 33.6. The zero-order valence-electron chi connectivity index (χ0n) is 50.1. The highest BCUT2D eigenvalue weighted by Gasteiger charge is 2.20. The number of unbranched alkanes of at least 4 members (excludes halogenated alkanes) is 48. The first-order chi connectivity index (χ1) is 36.5. The monoisotopic (exact) mass is 1040 g/mol. The summed E-state index contributed by atoms with van der Waals surface area (Å²) in [5.74, 6) is -0.0236. The van der Waals surface area contributed by atoms with E-state index in [1.165, 1.54) is 295 Å². The highest BCUT2D eigenvalue weighted by molar-refractivity contribution is 5.76. The number of rotatable bonds is 63. The SMILES string of the molecule is CCCCCCCCCCCCCCCCCCCCCC(O)C(CO)NC(=O)CCCCCCCCCCCCC/C=C\C/C=C\CCCCCCCCCCCOC(=O)CCCCCCCCCCCCC. The molecule has 0 saturated carbocycles. The standard InChI is InChI=1S/C68H131NO5/c1-3-5-7-9-11-13-15-16-17-18-28-31-34-37-41-44-48-52-56-60-66(71)65(64-70)69-67(72)61-57-53-49-45-42-38-35-32-29-26-24-22-20-19-21-23-25-27-30-33-36-39-43-47-51-55-59-63-74-68(73)62-58-54-50-46-40-14-12-10-8-6-4-2/h19-20,23,25,65-66,70-71H,3-18,21-22,24,26-64H2,1-2H3,(H,69,72)/b20-19-,25-23-. The van der Waals surface area contributed by atoms with Gasteiger partial charge in [0.05, 0.1) is 25.4 Å². The predicted octanol–water partition coefficient (Wildman–Crippen LogP) is 21.4. The van der Waals surface area contributed by atoms with E-state index in [0.717, 1.165) is 44.9 Å². The molecule has 0 saturated heterocycles. The van der Waals surface area contributed by atoms with Gasteiger partial charge in [-0.15, -0.1) is 0 Å². The van der Waals surface area contributed by atoms with Gasteiger partial charge in [0.15, 0.2) is 0 Å². The average molecular weight is 1040 g/mol. The van der Waals surface area contributed by atoms with Crippen molar-refractivity contribution in [1.29, 1.82) is 0 Å². The van der Waals surface area contributed by atoms with Crippen LogP contribution in [0.2, 0.25) is 0 Å². The van der Waals surface area contributed by atoms with E-state index >= 15 is 0 Å². The Labute approximate surface area is 462 Å². The highest BCUT2D eigenvalue weighted by Crippen LogP contribution is 2.18. The number of aliphatic hydroxyl groups is 2. The first-order valence-electron chi connectivity index (χ1n) is 33.6. The molecule has 74 heavy (non-hydrogen) atoms. The topological polar surface area (TPSA) is 95.9 Å². The molecule has 0 aliphatic rings. The molecule has 0 aromatic rings. The van der Waals surface area contributed by atoms with Gasteiger partial charge in [0.2, 0.25) is 5.91 Å². The average Bonchev–Trinajstić information content (AvgIpc) is 3.40. The van der Waals surface area contributed by atoms with Crippen LogP contribution in [0.1, 0.15) is 373 Å². The van der Waals surface area contributed by atoms with E-state index in [4.69, 9.17) is 4.74 Å². The Kier molecular flexibility index (Phi) is 62.4. The number of carbonyl (C=O) groups is 2. The molecule has 0 aliphatic carbocycles. The number of allylic oxidation sites excluding steroid dienone is 4. The number of carbonyl (C=O) groups excluding carboxylic acids is 2. The Morgan fingerprint density at radius 1 is 0.378 bits per heavy atom. The number of hydrogen-bond acceptors (Lipinski definition) is 5. The molecule has 3 N–H and O–H groups in total. The van der Waals surface area contributed by atoms with Gasteiger partial charge in [0.25, 0.3) is 0 Å². The minimum atomic E-state index is -0.667. The van der Waals surface area contributed by atoms with Crippen LogP contribution in [-0.4, -0.2) is 47.4 Å². The molecular formula is C68H131NO5. The van der Waals surface area contributed by atoms with E-state index in [1.807, 2.05) is 0 Å². The van der Waals surface area contributed by atoms with E-state index in [1.54, 1.807) is 0 Å². The molecular weight excluding hydrogens is 911 g/mol. The first kappa shape index (κ1) is 72.3. The van der Waals surface area contributed by atoms with Gasteiger partial charge in [0, 0.05) is 12.8 Å². The third kappa shape index (κ3) is 59.6. The maximum absolute atomic E-state index is 12.5. The molecule has 2 unspecified atom stereocenters. The van der Waals surface area contributed by atoms with Crippen LogP contribution in [-0.2, 0) is 14.3 Å². The van der Waals surface area contributed by atoms with Crippen LogP contribution in [0.15, 0.2) is 24.3 Å². The molecule has 0 rings (SSSR count). The second-order valence-electron chi connectivity index (χ2n) is 23.2. The van der Waals surface area contributed by atoms with Crippen molar-refractivity contribution >= 4 is 11.9 Å². The van der Waals surface area contributed by atoms with Gasteiger partial charge < -0.3 is 20.3 Å². The van der Waals surface area contributed by atoms with Crippen LogP contribution in [0, 0.1) is 0 Å². The smallest absolute Gasteiger partial charge is 0.305 e. The second kappa shape index (κ2) is 63.9. The van der Waals surface area contributed by atoms with Gasteiger partial charge in [-0.05, 0) is 57.8 Å². The number of amides is 1. The lowest BCUT2D eigenvalue weighted by molar-refractivity contribution is -0.143. The van der Waals surface area contributed by atoms with Crippen molar-refractivity contribution in [3.05, 3.63) is 24.3 Å². The molecule has 438 valence electrons. The summed E-state index contributed by atoms with van der Waals surface area (Å²) >= 11 is 0. The van der Waals surface area contributed by atoms with Gasteiger partial charge in [0.1, 0.15) is 0 Å². The summed E-state index contributed by atoms with van der Waals surface area (Å²) in [7, 11) is 0. The molecule has 0 heterocycles. The molecule has 0 aromatic heterocycles. The summed E-state index contributed by atoms with van der Waals surface area (Å²) in [5, 5.41) is 23.4. The van der Waals surface area contributed by atoms with Crippen molar-refractivity contribution in [2.45, 2.75) is 386 Å². The number of hydrogen-bond donors (Lipinski definition) is 3. The number of esters is 1. The number of ether oxygens (including phenoxy) is 1. The van der Waals surface area contributed by atoms with Crippen molar-refractivity contribution in [2.24, 2.45) is 0 Å². The maximum Gasteiger partial charge on any atom is 0.305 e. The minimum absolute atomic E-state index is 0.0109. The van der Waals surface area contributed by atoms with Crippen LogP contribution in [0.4, 0.5) is 0 Å². The van der Waals surface area contributed by atoms with E-state index in [0.29, 0.717) is 25.9 Å². The van der Waals surface area contributed by atoms with Gasteiger partial charge in [-0.1, -0.05) is 327 Å². The predicted molar refractivity (Wildman–Crippen MR) is 324 cm³/mol. The summed E-state index contributed by atoms with van der Waals surface area (Å²) in [6, 6.07) is -0.544. The van der Waals surface area contributed by atoms with Crippen LogP contribution < -0.4 is 5.32 Å². The molecule has 0 bridgehead atoms. The van der Waals surface area contributed by atoms with Crippen LogP contribution in [0.5, 0.6) is 0 Å².